The molecule has 2 heterocycles. The van der Waals surface area contributed by atoms with Crippen molar-refractivity contribution in [2.75, 3.05) is 72.4 Å². The Morgan fingerprint density at radius 2 is 1.73 bits per heavy atom. The maximum atomic E-state index is 12.7. The monoisotopic (exact) mass is 472 g/mol. The van der Waals surface area contributed by atoms with Crippen LogP contribution in [0, 0.1) is 0 Å². The average molecular weight is 473 g/mol. The summed E-state index contributed by atoms with van der Waals surface area (Å²) in [7, 11) is 0. The summed E-state index contributed by atoms with van der Waals surface area (Å²) in [6.07, 6.45) is 1.45. The van der Waals surface area contributed by atoms with Crippen LogP contribution in [0.3, 0.4) is 0 Å². The van der Waals surface area contributed by atoms with Crippen LogP contribution in [-0.2, 0) is 33.3 Å². The largest absolute Gasteiger partial charge is 0.459 e. The minimum absolute atomic E-state index is 0.163. The maximum Gasteiger partial charge on any atom is 0.323 e. The van der Waals surface area contributed by atoms with Crippen molar-refractivity contribution in [1.29, 1.82) is 0 Å². The number of likely N-dealkylation sites (N-methyl/N-ethyl adjacent to an activating group) is 2. The minimum Gasteiger partial charge on any atom is -0.459 e. The average Bonchev–Trinajstić information content (AvgIpc) is 3.48. The Hall–Kier alpha value is -1.79. The van der Waals surface area contributed by atoms with Crippen LogP contribution in [0.4, 0.5) is 0 Å². The first-order valence-corrected chi connectivity index (χ1v) is 12.0. The third kappa shape index (κ3) is 9.93. The number of nitrogens with zero attached hydrogens (tertiary/aromatic N) is 1. The molecule has 3 unspecified atom stereocenters. The number of carbonyl (C=O) groups is 3. The second-order valence-electron chi connectivity index (χ2n) is 8.03. The van der Waals surface area contributed by atoms with E-state index in [0.717, 1.165) is 32.5 Å². The van der Waals surface area contributed by atoms with Gasteiger partial charge >= 0.3 is 5.97 Å². The summed E-state index contributed by atoms with van der Waals surface area (Å²) in [6.45, 7) is 9.06. The summed E-state index contributed by atoms with van der Waals surface area (Å²) in [6, 6.07) is -0.981. The Bertz CT molecular complexity index is 601. The second-order valence-corrected chi connectivity index (χ2v) is 8.03. The molecule has 2 rings (SSSR count). The zero-order valence-corrected chi connectivity index (χ0v) is 19.9. The molecule has 0 aromatic heterocycles. The molecule has 2 amide bonds. The molecule has 0 bridgehead atoms. The van der Waals surface area contributed by atoms with Gasteiger partial charge in [0.05, 0.1) is 39.6 Å². The molecule has 0 saturated carbocycles. The van der Waals surface area contributed by atoms with Crippen molar-refractivity contribution >= 4 is 17.8 Å². The molecule has 0 aromatic rings. The summed E-state index contributed by atoms with van der Waals surface area (Å²) >= 11 is 0. The number of hydrogen-bond donors (Lipinski definition) is 3. The smallest absolute Gasteiger partial charge is 0.323 e. The predicted molar refractivity (Wildman–Crippen MR) is 121 cm³/mol. The maximum absolute atomic E-state index is 12.7. The second kappa shape index (κ2) is 15.9. The van der Waals surface area contributed by atoms with Crippen LogP contribution in [0.1, 0.15) is 33.1 Å². The van der Waals surface area contributed by atoms with Crippen molar-refractivity contribution in [3.8, 4) is 0 Å². The van der Waals surface area contributed by atoms with E-state index in [1.54, 1.807) is 0 Å². The third-order valence-corrected chi connectivity index (χ3v) is 5.51. The molecular weight excluding hydrogens is 432 g/mol. The fraction of sp³-hybridized carbons (Fsp3) is 0.864. The predicted octanol–water partition coefficient (Wildman–Crippen LogP) is -0.953. The lowest BCUT2D eigenvalue weighted by Gasteiger charge is -2.23. The van der Waals surface area contributed by atoms with Crippen molar-refractivity contribution in [3.63, 3.8) is 0 Å². The first-order valence-electron chi connectivity index (χ1n) is 12.0. The highest BCUT2D eigenvalue weighted by Gasteiger charge is 2.41. The molecule has 0 aromatic carbocycles. The van der Waals surface area contributed by atoms with E-state index in [9.17, 15) is 14.4 Å². The Balaban J connectivity index is 1.68. The number of likely N-dealkylation sites (tertiary alicyclic amines) is 1. The molecule has 2 aliphatic rings. The third-order valence-electron chi connectivity index (χ3n) is 5.51. The van der Waals surface area contributed by atoms with Gasteiger partial charge in [0.15, 0.2) is 0 Å². The molecule has 3 N–H and O–H groups in total. The lowest BCUT2D eigenvalue weighted by Crippen LogP contribution is -2.47. The van der Waals surface area contributed by atoms with Gasteiger partial charge < -0.3 is 39.8 Å². The van der Waals surface area contributed by atoms with Gasteiger partial charge in [-0.2, -0.15) is 0 Å². The number of ether oxygens (including phenoxy) is 4. The van der Waals surface area contributed by atoms with Gasteiger partial charge in [-0.05, 0) is 32.9 Å². The SMILES string of the molecule is CCNCCOCCOCCOCC(=O)N1CC(OC(=O)C2CCCN2)CC1C(=O)NCC. The van der Waals surface area contributed by atoms with Gasteiger partial charge in [-0.1, -0.05) is 6.92 Å². The van der Waals surface area contributed by atoms with Crippen LogP contribution < -0.4 is 16.0 Å². The van der Waals surface area contributed by atoms with Crippen LogP contribution in [0.5, 0.6) is 0 Å². The van der Waals surface area contributed by atoms with Crippen LogP contribution in [0.15, 0.2) is 0 Å². The summed E-state index contributed by atoms with van der Waals surface area (Å²) < 4.78 is 21.9. The van der Waals surface area contributed by atoms with Crippen molar-refractivity contribution < 1.29 is 33.3 Å². The highest BCUT2D eigenvalue weighted by atomic mass is 16.6. The Kier molecular flexibility index (Phi) is 13.3. The van der Waals surface area contributed by atoms with Gasteiger partial charge in [-0.15, -0.1) is 0 Å². The zero-order valence-electron chi connectivity index (χ0n) is 19.9. The van der Waals surface area contributed by atoms with E-state index in [-0.39, 0.29) is 50.0 Å². The van der Waals surface area contributed by atoms with Gasteiger partial charge in [0.1, 0.15) is 24.8 Å². The van der Waals surface area contributed by atoms with Gasteiger partial charge in [-0.25, -0.2) is 0 Å². The van der Waals surface area contributed by atoms with Gasteiger partial charge in [0.2, 0.25) is 11.8 Å². The van der Waals surface area contributed by atoms with Gasteiger partial charge in [-0.3, -0.25) is 14.4 Å². The van der Waals surface area contributed by atoms with E-state index >= 15 is 0 Å². The first kappa shape index (κ1) is 27.5. The fourth-order valence-electron chi connectivity index (χ4n) is 3.83. The van der Waals surface area contributed by atoms with Crippen LogP contribution in [0.2, 0.25) is 0 Å². The highest BCUT2D eigenvalue weighted by molar-refractivity contribution is 5.89. The molecule has 2 aliphatic heterocycles. The van der Waals surface area contributed by atoms with Crippen LogP contribution >= 0.6 is 0 Å². The van der Waals surface area contributed by atoms with Crippen molar-refractivity contribution in [3.05, 3.63) is 0 Å². The summed E-state index contributed by atoms with van der Waals surface area (Å²) in [5, 5.41) is 9.02. The van der Waals surface area contributed by atoms with Crippen LogP contribution in [0.25, 0.3) is 0 Å². The molecule has 0 aliphatic carbocycles. The molecule has 33 heavy (non-hydrogen) atoms. The Morgan fingerprint density at radius 1 is 1.00 bits per heavy atom. The van der Waals surface area contributed by atoms with E-state index in [1.165, 1.54) is 4.90 Å². The lowest BCUT2D eigenvalue weighted by molar-refractivity contribution is -0.151. The first-order chi connectivity index (χ1) is 16.1. The summed E-state index contributed by atoms with van der Waals surface area (Å²) in [4.78, 5) is 39.0. The lowest BCUT2D eigenvalue weighted by atomic mass is 10.1. The van der Waals surface area contributed by atoms with Crippen molar-refractivity contribution in [2.45, 2.75) is 51.3 Å². The Morgan fingerprint density at radius 3 is 2.39 bits per heavy atom. The summed E-state index contributed by atoms with van der Waals surface area (Å²) in [5.74, 6) is -0.878. The van der Waals surface area contributed by atoms with Crippen LogP contribution in [-0.4, -0.2) is 113 Å². The van der Waals surface area contributed by atoms with E-state index in [1.807, 2.05) is 13.8 Å². The zero-order chi connectivity index (χ0) is 23.9. The quantitative estimate of drug-likeness (QED) is 0.192. The number of hydrogen-bond acceptors (Lipinski definition) is 9. The number of carbonyl (C=O) groups excluding carboxylic acids is 3. The number of nitrogens with one attached hydrogen (secondary N) is 3. The molecule has 0 radical (unpaired) electrons. The van der Waals surface area contributed by atoms with E-state index in [4.69, 9.17) is 18.9 Å². The normalized spacial score (nSPS) is 22.5. The molecule has 11 nitrogen and oxygen atoms in total. The van der Waals surface area contributed by atoms with Crippen molar-refractivity contribution in [1.82, 2.24) is 20.9 Å². The minimum atomic E-state index is -0.675. The number of esters is 1. The molecule has 11 heteroatoms. The molecule has 2 fully saturated rings. The molecular formula is C22H40N4O7. The highest BCUT2D eigenvalue weighted by Crippen LogP contribution is 2.22. The molecule has 0 spiro atoms. The van der Waals surface area contributed by atoms with Crippen molar-refractivity contribution in [2.24, 2.45) is 0 Å². The topological polar surface area (TPSA) is 127 Å². The summed E-state index contributed by atoms with van der Waals surface area (Å²) in [5.41, 5.74) is 0. The number of rotatable bonds is 16. The van der Waals surface area contributed by atoms with E-state index in [0.29, 0.717) is 33.0 Å². The van der Waals surface area contributed by atoms with Gasteiger partial charge in [0, 0.05) is 19.5 Å². The standard InChI is InChI=1S/C22H40N4O7/c1-3-23-8-9-30-10-11-31-12-13-32-16-20(27)26-15-17(14-19(26)21(28)24-4-2)33-22(29)18-6-5-7-25-18/h17-19,23,25H,3-16H2,1-2H3,(H,24,28). The Labute approximate surface area is 196 Å². The molecule has 190 valence electrons. The fourth-order valence-corrected chi connectivity index (χ4v) is 3.83. The number of amides is 2. The molecule has 2 saturated heterocycles. The molecule has 3 atom stereocenters. The van der Waals surface area contributed by atoms with E-state index < -0.39 is 12.1 Å². The van der Waals surface area contributed by atoms with Gasteiger partial charge in [0.25, 0.3) is 0 Å². The van der Waals surface area contributed by atoms with E-state index in [2.05, 4.69) is 16.0 Å².